The van der Waals surface area contributed by atoms with Gasteiger partial charge in [-0.15, -0.1) is 9.50 Å². The molecule has 0 amide bonds. The normalized spacial score (nSPS) is 21.6. The summed E-state index contributed by atoms with van der Waals surface area (Å²) >= 11 is 0. The number of allylic oxidation sites excluding steroid dienone is 1. The van der Waals surface area contributed by atoms with Gasteiger partial charge in [0.15, 0.2) is 5.84 Å². The average molecular weight is 302 g/mol. The number of sulfonamides is 1. The molecule has 0 aliphatic carbocycles. The molecule has 0 N–H and O–H groups in total. The van der Waals surface area contributed by atoms with Crippen LogP contribution in [0.1, 0.15) is 13.8 Å². The van der Waals surface area contributed by atoms with Gasteiger partial charge in [-0.25, -0.2) is 9.89 Å². The molecule has 4 rings (SSSR count). The maximum atomic E-state index is 12.3. The topological polar surface area (TPSA) is 90.6 Å². The molecule has 9 heteroatoms. The van der Waals surface area contributed by atoms with E-state index in [-0.39, 0.29) is 10.9 Å². The molecule has 0 aromatic carbocycles. The van der Waals surface area contributed by atoms with Crippen molar-refractivity contribution in [2.45, 2.75) is 18.7 Å². The van der Waals surface area contributed by atoms with E-state index in [2.05, 4.69) is 19.5 Å². The number of rotatable bonds is 0. The van der Waals surface area contributed by atoms with Gasteiger partial charge in [0.25, 0.3) is 10.0 Å². The molecule has 0 saturated heterocycles. The number of anilines is 1. The first-order valence-electron chi connectivity index (χ1n) is 6.19. The summed E-state index contributed by atoms with van der Waals surface area (Å²) in [5.74, 6) is 1.44. The minimum atomic E-state index is -3.79. The Morgan fingerprint density at radius 2 is 2.05 bits per heavy atom. The third kappa shape index (κ3) is 1.57. The van der Waals surface area contributed by atoms with E-state index in [0.29, 0.717) is 17.4 Å². The number of fused-ring (bicyclic) bond motifs is 5. The number of guanidine groups is 1. The maximum absolute atomic E-state index is 12.3. The van der Waals surface area contributed by atoms with Gasteiger partial charge in [-0.05, 0) is 19.9 Å². The summed E-state index contributed by atoms with van der Waals surface area (Å²) in [6, 6.07) is 1.60. The zero-order valence-electron chi connectivity index (χ0n) is 11.2. The Morgan fingerprint density at radius 3 is 2.86 bits per heavy atom. The van der Waals surface area contributed by atoms with Crippen molar-refractivity contribution in [3.05, 3.63) is 30.2 Å². The fourth-order valence-corrected chi connectivity index (χ4v) is 3.55. The molecule has 0 saturated carbocycles. The molecule has 4 heterocycles. The Hall–Kier alpha value is -2.55. The van der Waals surface area contributed by atoms with E-state index in [0.717, 1.165) is 5.70 Å². The van der Waals surface area contributed by atoms with Crippen LogP contribution in [0.2, 0.25) is 0 Å². The Labute approximate surface area is 120 Å². The van der Waals surface area contributed by atoms with E-state index in [9.17, 15) is 8.42 Å². The second kappa shape index (κ2) is 3.76. The summed E-state index contributed by atoms with van der Waals surface area (Å²) < 4.78 is 28.4. The van der Waals surface area contributed by atoms with Crippen LogP contribution in [0, 0.1) is 0 Å². The lowest BCUT2D eigenvalue weighted by molar-refractivity contribution is 0.595. The van der Waals surface area contributed by atoms with Crippen LogP contribution in [0.5, 0.6) is 0 Å². The van der Waals surface area contributed by atoms with Crippen LogP contribution >= 0.6 is 0 Å². The molecule has 0 fully saturated rings. The summed E-state index contributed by atoms with van der Waals surface area (Å²) in [5, 5.41) is 5.94. The highest BCUT2D eigenvalue weighted by molar-refractivity contribution is 7.90. The Balaban J connectivity index is 1.99. The Kier molecular flexibility index (Phi) is 2.18. The maximum Gasteiger partial charge on any atom is 0.289 e. The second-order valence-electron chi connectivity index (χ2n) is 4.76. The van der Waals surface area contributed by atoms with Crippen LogP contribution in [0.25, 0.3) is 0 Å². The van der Waals surface area contributed by atoms with E-state index in [4.69, 9.17) is 0 Å². The van der Waals surface area contributed by atoms with Crippen LogP contribution < -0.4 is 5.01 Å². The molecule has 0 spiro atoms. The van der Waals surface area contributed by atoms with Gasteiger partial charge in [0.2, 0.25) is 5.96 Å². The standard InChI is InChI=1S/C12H10N6O2S/c1-7-5-11-15-18-9-3-4-13-6-10(9)21(19,20)16-12(18)17(11)8(2)14-7/h3-6H,1-2H3. The smallest absolute Gasteiger partial charge is 0.263 e. The minimum Gasteiger partial charge on any atom is -0.263 e. The predicted octanol–water partition coefficient (Wildman–Crippen LogP) is 0.911. The molecular weight excluding hydrogens is 292 g/mol. The average Bonchev–Trinajstić information content (AvgIpc) is 2.76. The highest BCUT2D eigenvalue weighted by atomic mass is 32.2. The third-order valence-corrected chi connectivity index (χ3v) is 4.57. The highest BCUT2D eigenvalue weighted by Gasteiger charge is 2.41. The van der Waals surface area contributed by atoms with Crippen molar-refractivity contribution in [3.8, 4) is 0 Å². The molecule has 1 aromatic rings. The second-order valence-corrected chi connectivity index (χ2v) is 6.33. The van der Waals surface area contributed by atoms with Crippen LogP contribution in [-0.4, -0.2) is 35.9 Å². The summed E-state index contributed by atoms with van der Waals surface area (Å²) in [4.78, 5) is 9.85. The van der Waals surface area contributed by atoms with Crippen molar-refractivity contribution in [1.29, 1.82) is 0 Å². The molecule has 0 radical (unpaired) electrons. The summed E-state index contributed by atoms with van der Waals surface area (Å²) in [6.07, 6.45) is 4.59. The van der Waals surface area contributed by atoms with E-state index >= 15 is 0 Å². The number of hydrogen-bond donors (Lipinski definition) is 0. The Morgan fingerprint density at radius 1 is 1.24 bits per heavy atom. The third-order valence-electron chi connectivity index (χ3n) is 3.29. The SMILES string of the molecule is CC1=CC2=NN3C(=NS(=O)(=O)c4cnccc43)N2C(C)=N1. The van der Waals surface area contributed by atoms with Gasteiger partial charge in [0.05, 0.1) is 5.69 Å². The van der Waals surface area contributed by atoms with Crippen molar-refractivity contribution < 1.29 is 8.42 Å². The number of aromatic nitrogens is 1. The van der Waals surface area contributed by atoms with E-state index in [1.54, 1.807) is 24.0 Å². The van der Waals surface area contributed by atoms with Crippen molar-refractivity contribution in [1.82, 2.24) is 9.88 Å². The highest BCUT2D eigenvalue weighted by Crippen LogP contribution is 2.35. The van der Waals surface area contributed by atoms with Crippen LogP contribution in [0.4, 0.5) is 5.69 Å². The van der Waals surface area contributed by atoms with Crippen molar-refractivity contribution in [2.24, 2.45) is 14.5 Å². The number of pyridine rings is 1. The molecule has 0 bridgehead atoms. The largest absolute Gasteiger partial charge is 0.289 e. The first-order valence-corrected chi connectivity index (χ1v) is 7.63. The van der Waals surface area contributed by atoms with Gasteiger partial charge in [-0.1, -0.05) is 0 Å². The molecule has 21 heavy (non-hydrogen) atoms. The fourth-order valence-electron chi connectivity index (χ4n) is 2.46. The molecule has 3 aliphatic heterocycles. The van der Waals surface area contributed by atoms with E-state index in [1.165, 1.54) is 17.4 Å². The van der Waals surface area contributed by atoms with Gasteiger partial charge in [0, 0.05) is 24.2 Å². The lowest BCUT2D eigenvalue weighted by Gasteiger charge is -2.26. The first kappa shape index (κ1) is 12.2. The number of hydrogen-bond acceptors (Lipinski definition) is 7. The van der Waals surface area contributed by atoms with Gasteiger partial charge in [-0.3, -0.25) is 4.98 Å². The van der Waals surface area contributed by atoms with Gasteiger partial charge < -0.3 is 0 Å². The van der Waals surface area contributed by atoms with E-state index in [1.807, 2.05) is 6.92 Å². The molecule has 1 aromatic heterocycles. The molecule has 8 nitrogen and oxygen atoms in total. The quantitative estimate of drug-likeness (QED) is 0.710. The van der Waals surface area contributed by atoms with Gasteiger partial charge in [0.1, 0.15) is 10.7 Å². The number of aliphatic imine (C=N–C) groups is 1. The lowest BCUT2D eigenvalue weighted by Crippen LogP contribution is -2.43. The van der Waals surface area contributed by atoms with Gasteiger partial charge in [-0.2, -0.15) is 13.4 Å². The summed E-state index contributed by atoms with van der Waals surface area (Å²) in [6.45, 7) is 3.64. The van der Waals surface area contributed by atoms with Crippen molar-refractivity contribution in [2.75, 3.05) is 5.01 Å². The zero-order chi connectivity index (χ0) is 14.8. The first-order chi connectivity index (χ1) is 9.97. The van der Waals surface area contributed by atoms with Gasteiger partial charge >= 0.3 is 0 Å². The number of nitrogens with zero attached hydrogens (tertiary/aromatic N) is 6. The van der Waals surface area contributed by atoms with Crippen molar-refractivity contribution in [3.63, 3.8) is 0 Å². The van der Waals surface area contributed by atoms with E-state index < -0.39 is 10.0 Å². The van der Waals surface area contributed by atoms with Crippen molar-refractivity contribution >= 4 is 33.3 Å². The molecular formula is C12H10N6O2S. The monoisotopic (exact) mass is 302 g/mol. The van der Waals surface area contributed by atoms with Crippen LogP contribution in [0.15, 0.2) is 49.6 Å². The number of amidine groups is 2. The predicted molar refractivity (Wildman–Crippen MR) is 77.5 cm³/mol. The summed E-state index contributed by atoms with van der Waals surface area (Å²) in [5.41, 5.74) is 1.25. The van der Waals surface area contributed by atoms with Crippen LogP contribution in [0.3, 0.4) is 0 Å². The molecule has 106 valence electrons. The fraction of sp³-hybridized carbons (Fsp3) is 0.167. The Bertz CT molecular complexity index is 896. The molecule has 3 aliphatic rings. The van der Waals surface area contributed by atoms with Crippen LogP contribution in [-0.2, 0) is 10.0 Å². The minimum absolute atomic E-state index is 0.0493. The molecule has 0 unspecified atom stereocenters. The number of hydrazone groups is 1. The molecule has 0 atom stereocenters. The summed E-state index contributed by atoms with van der Waals surface area (Å²) in [7, 11) is -3.79. The lowest BCUT2D eigenvalue weighted by atomic mass is 10.3. The zero-order valence-corrected chi connectivity index (χ0v) is 12.0.